The zero-order chi connectivity index (χ0) is 14.0. The van der Waals surface area contributed by atoms with Gasteiger partial charge in [-0.15, -0.1) is 0 Å². The summed E-state index contributed by atoms with van der Waals surface area (Å²) in [7, 11) is 3.23. The molecule has 1 aliphatic rings. The Hall–Kier alpha value is -2.24. The monoisotopic (exact) mass is 264 g/mol. The van der Waals surface area contributed by atoms with Crippen molar-refractivity contribution in [1.29, 1.82) is 0 Å². The molecule has 1 saturated heterocycles. The van der Waals surface area contributed by atoms with Crippen LogP contribution in [0.2, 0.25) is 0 Å². The highest BCUT2D eigenvalue weighted by molar-refractivity contribution is 5.95. The molecule has 1 heterocycles. The van der Waals surface area contributed by atoms with Crippen molar-refractivity contribution in [2.75, 3.05) is 25.6 Å². The van der Waals surface area contributed by atoms with Crippen molar-refractivity contribution in [3.63, 3.8) is 0 Å². The third kappa shape index (κ3) is 2.62. The molecule has 1 aromatic rings. The lowest BCUT2D eigenvalue weighted by Gasteiger charge is -2.22. The predicted octanol–water partition coefficient (Wildman–Crippen LogP) is 1.41. The Balaban J connectivity index is 2.27. The van der Waals surface area contributed by atoms with E-state index in [0.29, 0.717) is 18.0 Å². The predicted molar refractivity (Wildman–Crippen MR) is 69.5 cm³/mol. The number of carbonyl (C=O) groups excluding carboxylic acids is 1. The standard InChI is InChI=1S/C13H16N2O4/c1-14-8-10(7-12(16)17)15(13(14)18)9-3-5-11(19-2)6-4-9/h3-6,10H,7-8H2,1-2H3,(H,16,17). The molecule has 1 fully saturated rings. The first-order valence-corrected chi connectivity index (χ1v) is 5.93. The van der Waals surface area contributed by atoms with Crippen LogP contribution in [-0.2, 0) is 4.79 Å². The fraction of sp³-hybridized carbons (Fsp3) is 0.385. The van der Waals surface area contributed by atoms with Crippen molar-refractivity contribution in [2.24, 2.45) is 0 Å². The average molecular weight is 264 g/mol. The van der Waals surface area contributed by atoms with Gasteiger partial charge in [0.05, 0.1) is 19.6 Å². The maximum atomic E-state index is 12.1. The largest absolute Gasteiger partial charge is 0.497 e. The molecule has 19 heavy (non-hydrogen) atoms. The van der Waals surface area contributed by atoms with Crippen molar-refractivity contribution in [3.05, 3.63) is 24.3 Å². The number of benzene rings is 1. The Bertz CT molecular complexity index is 486. The van der Waals surface area contributed by atoms with Gasteiger partial charge in [0.2, 0.25) is 0 Å². The van der Waals surface area contributed by atoms with E-state index in [-0.39, 0.29) is 18.5 Å². The first-order chi connectivity index (χ1) is 9.02. The SMILES string of the molecule is COc1ccc(N2C(=O)N(C)CC2CC(=O)O)cc1. The number of hydrogen-bond donors (Lipinski definition) is 1. The van der Waals surface area contributed by atoms with E-state index in [1.54, 1.807) is 38.4 Å². The van der Waals surface area contributed by atoms with E-state index < -0.39 is 5.97 Å². The number of likely N-dealkylation sites (N-methyl/N-ethyl adjacent to an activating group) is 1. The summed E-state index contributed by atoms with van der Waals surface area (Å²) in [5.41, 5.74) is 0.682. The normalized spacial score (nSPS) is 18.8. The number of methoxy groups -OCH3 is 1. The quantitative estimate of drug-likeness (QED) is 0.892. The van der Waals surface area contributed by atoms with Crippen molar-refractivity contribution < 1.29 is 19.4 Å². The van der Waals surface area contributed by atoms with E-state index in [0.717, 1.165) is 0 Å². The van der Waals surface area contributed by atoms with Gasteiger partial charge in [-0.05, 0) is 24.3 Å². The molecule has 0 radical (unpaired) electrons. The lowest BCUT2D eigenvalue weighted by Crippen LogP contribution is -2.35. The molecular weight excluding hydrogens is 248 g/mol. The molecule has 0 aliphatic carbocycles. The third-order valence-electron chi connectivity index (χ3n) is 3.14. The van der Waals surface area contributed by atoms with E-state index in [9.17, 15) is 9.59 Å². The Labute approximate surface area is 111 Å². The van der Waals surface area contributed by atoms with Crippen LogP contribution in [0.1, 0.15) is 6.42 Å². The molecule has 6 nitrogen and oxygen atoms in total. The minimum atomic E-state index is -0.911. The highest BCUT2D eigenvalue weighted by Crippen LogP contribution is 2.27. The second-order valence-corrected chi connectivity index (χ2v) is 4.48. The minimum absolute atomic E-state index is 0.0674. The molecule has 1 unspecified atom stereocenters. The van der Waals surface area contributed by atoms with E-state index >= 15 is 0 Å². The maximum Gasteiger partial charge on any atom is 0.324 e. The Morgan fingerprint density at radius 2 is 2.05 bits per heavy atom. The minimum Gasteiger partial charge on any atom is -0.497 e. The number of urea groups is 1. The van der Waals surface area contributed by atoms with Crippen molar-refractivity contribution in [1.82, 2.24) is 4.90 Å². The van der Waals surface area contributed by atoms with Gasteiger partial charge in [0.1, 0.15) is 5.75 Å². The van der Waals surface area contributed by atoms with Crippen LogP contribution < -0.4 is 9.64 Å². The summed E-state index contributed by atoms with van der Waals surface area (Å²) < 4.78 is 5.06. The van der Waals surface area contributed by atoms with Gasteiger partial charge in [0.25, 0.3) is 0 Å². The van der Waals surface area contributed by atoms with Gasteiger partial charge in [-0.1, -0.05) is 0 Å². The zero-order valence-electron chi connectivity index (χ0n) is 10.9. The number of ether oxygens (including phenoxy) is 1. The molecule has 0 saturated carbocycles. The number of rotatable bonds is 4. The first-order valence-electron chi connectivity index (χ1n) is 5.93. The summed E-state index contributed by atoms with van der Waals surface area (Å²) in [6.07, 6.45) is -0.0674. The Kier molecular flexibility index (Phi) is 3.59. The van der Waals surface area contributed by atoms with Crippen LogP contribution in [0.25, 0.3) is 0 Å². The van der Waals surface area contributed by atoms with E-state index in [1.165, 1.54) is 9.80 Å². The fourth-order valence-corrected chi connectivity index (χ4v) is 2.24. The van der Waals surface area contributed by atoms with Gasteiger partial charge >= 0.3 is 12.0 Å². The van der Waals surface area contributed by atoms with Gasteiger partial charge in [-0.3, -0.25) is 9.69 Å². The highest BCUT2D eigenvalue weighted by Gasteiger charge is 2.37. The molecule has 6 heteroatoms. The van der Waals surface area contributed by atoms with Crippen LogP contribution in [0.3, 0.4) is 0 Å². The molecule has 0 bridgehead atoms. The number of nitrogens with zero attached hydrogens (tertiary/aromatic N) is 2. The van der Waals surface area contributed by atoms with Gasteiger partial charge in [-0.2, -0.15) is 0 Å². The van der Waals surface area contributed by atoms with E-state index in [4.69, 9.17) is 9.84 Å². The summed E-state index contributed by atoms with van der Waals surface area (Å²) >= 11 is 0. The molecule has 1 aliphatic heterocycles. The van der Waals surface area contributed by atoms with Crippen molar-refractivity contribution in [3.8, 4) is 5.75 Å². The number of carbonyl (C=O) groups is 2. The van der Waals surface area contributed by atoms with Gasteiger partial charge < -0.3 is 14.7 Å². The summed E-state index contributed by atoms with van der Waals surface area (Å²) in [5, 5.41) is 8.92. The number of hydrogen-bond acceptors (Lipinski definition) is 3. The van der Waals surface area contributed by atoms with Crippen molar-refractivity contribution in [2.45, 2.75) is 12.5 Å². The molecule has 2 rings (SSSR count). The number of carboxylic acid groups (broad SMARTS) is 1. The lowest BCUT2D eigenvalue weighted by molar-refractivity contribution is -0.137. The molecule has 0 aromatic heterocycles. The molecule has 1 atom stereocenters. The van der Waals surface area contributed by atoms with Gasteiger partial charge in [0, 0.05) is 19.3 Å². The molecule has 1 N–H and O–H groups in total. The highest BCUT2D eigenvalue weighted by atomic mass is 16.5. The van der Waals surface area contributed by atoms with Crippen LogP contribution in [-0.4, -0.2) is 48.8 Å². The van der Waals surface area contributed by atoms with Crippen molar-refractivity contribution >= 4 is 17.7 Å². The Morgan fingerprint density at radius 1 is 1.42 bits per heavy atom. The summed E-state index contributed by atoms with van der Waals surface area (Å²) in [6, 6.07) is 6.48. The zero-order valence-corrected chi connectivity index (χ0v) is 10.9. The number of anilines is 1. The smallest absolute Gasteiger partial charge is 0.324 e. The number of carboxylic acids is 1. The topological polar surface area (TPSA) is 70.1 Å². The van der Waals surface area contributed by atoms with Crippen LogP contribution in [0.15, 0.2) is 24.3 Å². The average Bonchev–Trinajstić information content (AvgIpc) is 2.64. The summed E-state index contributed by atoms with van der Waals surface area (Å²) in [6.45, 7) is 0.414. The second kappa shape index (κ2) is 5.17. The number of aliphatic carboxylic acids is 1. The van der Waals surface area contributed by atoms with Gasteiger partial charge in [-0.25, -0.2) is 4.79 Å². The van der Waals surface area contributed by atoms with Crippen LogP contribution in [0.5, 0.6) is 5.75 Å². The summed E-state index contributed by atoms with van der Waals surface area (Å²) in [4.78, 5) is 26.0. The first kappa shape index (κ1) is 13.2. The van der Waals surface area contributed by atoms with Gasteiger partial charge in [0.15, 0.2) is 0 Å². The van der Waals surface area contributed by atoms with Crippen LogP contribution >= 0.6 is 0 Å². The Morgan fingerprint density at radius 3 is 2.58 bits per heavy atom. The molecule has 1 aromatic carbocycles. The lowest BCUT2D eigenvalue weighted by atomic mass is 10.1. The van der Waals surface area contributed by atoms with E-state index in [2.05, 4.69) is 0 Å². The molecule has 2 amide bonds. The molecule has 102 valence electrons. The number of amides is 2. The molecular formula is C13H16N2O4. The van der Waals surface area contributed by atoms with Crippen LogP contribution in [0.4, 0.5) is 10.5 Å². The van der Waals surface area contributed by atoms with Crippen LogP contribution in [0, 0.1) is 0 Å². The maximum absolute atomic E-state index is 12.1. The second-order valence-electron chi connectivity index (χ2n) is 4.48. The fourth-order valence-electron chi connectivity index (χ4n) is 2.24. The third-order valence-corrected chi connectivity index (χ3v) is 3.14. The molecule has 0 spiro atoms. The summed E-state index contributed by atoms with van der Waals surface area (Å²) in [5.74, 6) is -0.217. The van der Waals surface area contributed by atoms with E-state index in [1.807, 2.05) is 0 Å².